The number of ether oxygens (including phenoxy) is 3. The van der Waals surface area contributed by atoms with Crippen LogP contribution in [0.5, 0.6) is 17.2 Å². The second-order valence-electron chi connectivity index (χ2n) is 5.04. The van der Waals surface area contributed by atoms with E-state index in [1.807, 2.05) is 24.3 Å². The molecule has 0 aliphatic carbocycles. The lowest BCUT2D eigenvalue weighted by Gasteiger charge is -2.19. The van der Waals surface area contributed by atoms with E-state index in [1.165, 1.54) is 0 Å². The van der Waals surface area contributed by atoms with Crippen molar-refractivity contribution in [1.29, 1.82) is 0 Å². The molecular formula is C18H15BrO4. The number of benzene rings is 2. The Balaban J connectivity index is 1.95. The van der Waals surface area contributed by atoms with Gasteiger partial charge in [0.2, 0.25) is 0 Å². The standard InChI is InChI=1S/C18H15BrO4/c1-21-13-4-6-16-14(9-13)18(20)12(10-23-16)7-11-3-5-17(22-2)15(19)8-11/h3-9H,10H2,1-2H3/b12-7+. The van der Waals surface area contributed by atoms with Crippen LogP contribution in [0.4, 0.5) is 0 Å². The molecule has 0 fully saturated rings. The van der Waals surface area contributed by atoms with Crippen LogP contribution in [0, 0.1) is 0 Å². The molecule has 4 nitrogen and oxygen atoms in total. The Morgan fingerprint density at radius 3 is 2.65 bits per heavy atom. The summed E-state index contributed by atoms with van der Waals surface area (Å²) in [6, 6.07) is 10.9. The number of hydrogen-bond donors (Lipinski definition) is 0. The number of Topliss-reactive ketones (excluding diaryl/α,β-unsaturated/α-hetero) is 1. The summed E-state index contributed by atoms with van der Waals surface area (Å²) >= 11 is 3.44. The maximum Gasteiger partial charge on any atom is 0.196 e. The van der Waals surface area contributed by atoms with E-state index in [-0.39, 0.29) is 12.4 Å². The number of hydrogen-bond acceptors (Lipinski definition) is 4. The average Bonchev–Trinajstić information content (AvgIpc) is 2.57. The first-order chi connectivity index (χ1) is 11.1. The van der Waals surface area contributed by atoms with Gasteiger partial charge in [-0.05, 0) is 57.9 Å². The van der Waals surface area contributed by atoms with Crippen molar-refractivity contribution in [3.05, 3.63) is 57.6 Å². The van der Waals surface area contributed by atoms with Gasteiger partial charge in [0.05, 0.1) is 24.3 Å². The third kappa shape index (κ3) is 3.10. The molecule has 0 atom stereocenters. The fourth-order valence-electron chi connectivity index (χ4n) is 2.41. The third-order valence-corrected chi connectivity index (χ3v) is 4.24. The second-order valence-corrected chi connectivity index (χ2v) is 5.90. The molecule has 0 spiro atoms. The molecule has 0 aromatic heterocycles. The summed E-state index contributed by atoms with van der Waals surface area (Å²) in [6.07, 6.45) is 1.83. The molecule has 3 rings (SSSR count). The van der Waals surface area contributed by atoms with Crippen molar-refractivity contribution in [2.45, 2.75) is 0 Å². The topological polar surface area (TPSA) is 44.8 Å². The fraction of sp³-hybridized carbons (Fsp3) is 0.167. The smallest absolute Gasteiger partial charge is 0.196 e. The normalized spacial score (nSPS) is 15.1. The highest BCUT2D eigenvalue weighted by Crippen LogP contribution is 2.32. The first-order valence-electron chi connectivity index (χ1n) is 7.02. The van der Waals surface area contributed by atoms with Gasteiger partial charge in [-0.25, -0.2) is 0 Å². The molecular weight excluding hydrogens is 360 g/mol. The minimum atomic E-state index is -0.0444. The first-order valence-corrected chi connectivity index (χ1v) is 7.81. The summed E-state index contributed by atoms with van der Waals surface area (Å²) in [4.78, 5) is 12.7. The maximum atomic E-state index is 12.7. The lowest BCUT2D eigenvalue weighted by Crippen LogP contribution is -2.19. The third-order valence-electron chi connectivity index (χ3n) is 3.62. The van der Waals surface area contributed by atoms with Gasteiger partial charge < -0.3 is 14.2 Å². The van der Waals surface area contributed by atoms with Crippen LogP contribution in [-0.2, 0) is 0 Å². The fourth-order valence-corrected chi connectivity index (χ4v) is 2.97. The minimum absolute atomic E-state index is 0.0444. The van der Waals surface area contributed by atoms with Gasteiger partial charge in [-0.3, -0.25) is 4.79 Å². The Labute approximate surface area is 142 Å². The number of halogens is 1. The number of carbonyl (C=O) groups is 1. The van der Waals surface area contributed by atoms with Crippen LogP contribution in [0.15, 0.2) is 46.4 Å². The summed E-state index contributed by atoms with van der Waals surface area (Å²) in [5, 5.41) is 0. The quantitative estimate of drug-likeness (QED) is 0.757. The Kier molecular flexibility index (Phi) is 4.39. The van der Waals surface area contributed by atoms with Crippen LogP contribution in [-0.4, -0.2) is 26.6 Å². The summed E-state index contributed by atoms with van der Waals surface area (Å²) in [7, 11) is 3.18. The number of carbonyl (C=O) groups excluding carboxylic acids is 1. The van der Waals surface area contributed by atoms with Gasteiger partial charge in [0.15, 0.2) is 5.78 Å². The van der Waals surface area contributed by atoms with E-state index in [0.717, 1.165) is 15.8 Å². The monoisotopic (exact) mass is 374 g/mol. The molecule has 1 aliphatic rings. The number of methoxy groups -OCH3 is 2. The molecule has 0 saturated heterocycles. The van der Waals surface area contributed by atoms with E-state index in [9.17, 15) is 4.79 Å². The first kappa shape index (κ1) is 15.6. The minimum Gasteiger partial charge on any atom is -0.497 e. The average molecular weight is 375 g/mol. The zero-order valence-corrected chi connectivity index (χ0v) is 14.3. The van der Waals surface area contributed by atoms with Crippen molar-refractivity contribution < 1.29 is 19.0 Å². The van der Waals surface area contributed by atoms with Crippen LogP contribution < -0.4 is 14.2 Å². The predicted octanol–water partition coefficient (Wildman–Crippen LogP) is 4.13. The highest BCUT2D eigenvalue weighted by Gasteiger charge is 2.24. The molecule has 0 amide bonds. The van der Waals surface area contributed by atoms with Gasteiger partial charge in [0.1, 0.15) is 23.9 Å². The van der Waals surface area contributed by atoms with Crippen LogP contribution in [0.1, 0.15) is 15.9 Å². The summed E-state index contributed by atoms with van der Waals surface area (Å²) in [6.45, 7) is 0.252. The SMILES string of the molecule is COc1ccc2c(c1)C(=O)/C(=C/c1ccc(OC)c(Br)c1)CO2. The maximum absolute atomic E-state index is 12.7. The number of ketones is 1. The zero-order valence-electron chi connectivity index (χ0n) is 12.8. The highest BCUT2D eigenvalue weighted by molar-refractivity contribution is 9.10. The molecule has 5 heteroatoms. The van der Waals surface area contributed by atoms with Crippen LogP contribution >= 0.6 is 15.9 Å². The molecule has 2 aromatic carbocycles. The molecule has 1 heterocycles. The molecule has 0 saturated carbocycles. The van der Waals surface area contributed by atoms with E-state index < -0.39 is 0 Å². The Morgan fingerprint density at radius 2 is 1.96 bits per heavy atom. The molecule has 2 aromatic rings. The van der Waals surface area contributed by atoms with Crippen molar-refractivity contribution in [1.82, 2.24) is 0 Å². The van der Waals surface area contributed by atoms with Crippen LogP contribution in [0.2, 0.25) is 0 Å². The van der Waals surface area contributed by atoms with Gasteiger partial charge in [-0.1, -0.05) is 6.07 Å². The molecule has 0 N–H and O–H groups in total. The molecule has 118 valence electrons. The molecule has 23 heavy (non-hydrogen) atoms. The van der Waals surface area contributed by atoms with E-state index in [0.29, 0.717) is 22.6 Å². The van der Waals surface area contributed by atoms with Gasteiger partial charge >= 0.3 is 0 Å². The van der Waals surface area contributed by atoms with Crippen molar-refractivity contribution in [3.63, 3.8) is 0 Å². The van der Waals surface area contributed by atoms with Gasteiger partial charge in [-0.15, -0.1) is 0 Å². The Hall–Kier alpha value is -2.27. The lowest BCUT2D eigenvalue weighted by atomic mass is 9.98. The Morgan fingerprint density at radius 1 is 1.13 bits per heavy atom. The van der Waals surface area contributed by atoms with Crippen LogP contribution in [0.3, 0.4) is 0 Å². The van der Waals surface area contributed by atoms with E-state index >= 15 is 0 Å². The Bertz CT molecular complexity index is 796. The predicted molar refractivity (Wildman–Crippen MR) is 91.5 cm³/mol. The largest absolute Gasteiger partial charge is 0.497 e. The molecule has 0 bridgehead atoms. The van der Waals surface area contributed by atoms with Crippen molar-refractivity contribution in [2.75, 3.05) is 20.8 Å². The van der Waals surface area contributed by atoms with Crippen molar-refractivity contribution in [3.8, 4) is 17.2 Å². The van der Waals surface area contributed by atoms with E-state index in [2.05, 4.69) is 15.9 Å². The summed E-state index contributed by atoms with van der Waals surface area (Å²) in [5.74, 6) is 1.92. The number of rotatable bonds is 3. The van der Waals surface area contributed by atoms with Crippen LogP contribution in [0.25, 0.3) is 6.08 Å². The summed E-state index contributed by atoms with van der Waals surface area (Å²) in [5.41, 5.74) is 2.02. The van der Waals surface area contributed by atoms with Gasteiger partial charge in [0.25, 0.3) is 0 Å². The zero-order chi connectivity index (χ0) is 16.4. The van der Waals surface area contributed by atoms with Gasteiger partial charge in [0, 0.05) is 5.57 Å². The lowest BCUT2D eigenvalue weighted by molar-refractivity contribution is 0.100. The van der Waals surface area contributed by atoms with Crippen molar-refractivity contribution >= 4 is 27.8 Å². The van der Waals surface area contributed by atoms with E-state index in [1.54, 1.807) is 32.4 Å². The molecule has 1 aliphatic heterocycles. The van der Waals surface area contributed by atoms with Crippen molar-refractivity contribution in [2.24, 2.45) is 0 Å². The molecule has 0 unspecified atom stereocenters. The van der Waals surface area contributed by atoms with E-state index in [4.69, 9.17) is 14.2 Å². The summed E-state index contributed by atoms with van der Waals surface area (Å²) < 4.78 is 16.9. The number of fused-ring (bicyclic) bond motifs is 1. The highest BCUT2D eigenvalue weighted by atomic mass is 79.9. The molecule has 0 radical (unpaired) electrons. The second kappa shape index (κ2) is 6.46. The van der Waals surface area contributed by atoms with Gasteiger partial charge in [-0.2, -0.15) is 0 Å².